The average Bonchev–Trinajstić information content (AvgIpc) is 2.82. The van der Waals surface area contributed by atoms with Crippen molar-refractivity contribution in [3.8, 4) is 18.2 Å². The lowest BCUT2D eigenvalue weighted by Crippen LogP contribution is -2.24. The van der Waals surface area contributed by atoms with Crippen molar-refractivity contribution in [1.29, 1.82) is 15.8 Å². The maximum atomic E-state index is 12.1. The SMILES string of the molecule is CCOC(=O)C1(C#N)C(c2ccc([N+](=O)[O-])o2)C1(C#N)C#N. The fourth-order valence-corrected chi connectivity index (χ4v) is 2.55. The first-order chi connectivity index (χ1) is 10.4. The van der Waals surface area contributed by atoms with Gasteiger partial charge in [-0.15, -0.1) is 0 Å². The number of rotatable bonds is 4. The molecule has 0 aliphatic heterocycles. The van der Waals surface area contributed by atoms with Crippen LogP contribution in [-0.2, 0) is 9.53 Å². The van der Waals surface area contributed by atoms with E-state index in [4.69, 9.17) is 9.15 Å². The van der Waals surface area contributed by atoms with E-state index in [-0.39, 0.29) is 12.4 Å². The van der Waals surface area contributed by atoms with Crippen LogP contribution >= 0.6 is 0 Å². The number of hydrogen-bond acceptors (Lipinski definition) is 8. The molecule has 0 radical (unpaired) electrons. The van der Waals surface area contributed by atoms with Crippen molar-refractivity contribution in [2.24, 2.45) is 10.8 Å². The van der Waals surface area contributed by atoms with Crippen molar-refractivity contribution < 1.29 is 18.9 Å². The summed E-state index contributed by atoms with van der Waals surface area (Å²) in [6.07, 6.45) is 0. The van der Waals surface area contributed by atoms with Gasteiger partial charge in [-0.2, -0.15) is 15.8 Å². The molecule has 110 valence electrons. The maximum Gasteiger partial charge on any atom is 0.433 e. The minimum Gasteiger partial charge on any atom is -0.465 e. The van der Waals surface area contributed by atoms with E-state index in [0.717, 1.165) is 6.07 Å². The van der Waals surface area contributed by atoms with Gasteiger partial charge in [-0.25, -0.2) is 0 Å². The van der Waals surface area contributed by atoms with Gasteiger partial charge < -0.3 is 9.15 Å². The first-order valence-corrected chi connectivity index (χ1v) is 6.10. The van der Waals surface area contributed by atoms with E-state index in [0.29, 0.717) is 0 Å². The minimum atomic E-state index is -2.06. The first kappa shape index (κ1) is 15.0. The number of nitro groups is 1. The minimum absolute atomic E-state index is 0.0414. The van der Waals surface area contributed by atoms with E-state index in [1.165, 1.54) is 13.0 Å². The van der Waals surface area contributed by atoms with Crippen molar-refractivity contribution in [2.45, 2.75) is 12.8 Å². The molecule has 9 nitrogen and oxygen atoms in total. The summed E-state index contributed by atoms with van der Waals surface area (Å²) in [7, 11) is 0. The van der Waals surface area contributed by atoms with E-state index in [9.17, 15) is 30.7 Å². The number of hydrogen-bond donors (Lipinski definition) is 0. The van der Waals surface area contributed by atoms with E-state index in [1.807, 2.05) is 0 Å². The molecule has 1 saturated carbocycles. The Hall–Kier alpha value is -3.38. The normalized spacial score (nSPS) is 24.4. The molecule has 1 aromatic rings. The van der Waals surface area contributed by atoms with Crippen LogP contribution in [0.2, 0.25) is 0 Å². The lowest BCUT2D eigenvalue weighted by atomic mass is 9.97. The van der Waals surface area contributed by atoms with E-state index in [1.54, 1.807) is 18.2 Å². The molecule has 2 rings (SSSR count). The third-order valence-corrected chi connectivity index (χ3v) is 3.61. The van der Waals surface area contributed by atoms with Gasteiger partial charge in [-0.1, -0.05) is 0 Å². The molecule has 0 spiro atoms. The number of furan rings is 1. The number of esters is 1. The predicted molar refractivity (Wildman–Crippen MR) is 66.4 cm³/mol. The van der Waals surface area contributed by atoms with Gasteiger partial charge in [0.2, 0.25) is 0 Å². The lowest BCUT2D eigenvalue weighted by molar-refractivity contribution is -0.402. The summed E-state index contributed by atoms with van der Waals surface area (Å²) in [5, 5.41) is 38.6. The van der Waals surface area contributed by atoms with Crippen LogP contribution in [0.15, 0.2) is 16.5 Å². The molecule has 1 aliphatic carbocycles. The number of ether oxygens (including phenoxy) is 1. The van der Waals surface area contributed by atoms with Gasteiger partial charge in [0.05, 0.1) is 36.8 Å². The molecule has 0 saturated heterocycles. The van der Waals surface area contributed by atoms with Gasteiger partial charge in [0.25, 0.3) is 0 Å². The average molecular weight is 300 g/mol. The molecule has 0 N–H and O–H groups in total. The highest BCUT2D eigenvalue weighted by molar-refractivity contribution is 5.91. The number of nitrogens with zero attached hydrogens (tertiary/aromatic N) is 4. The molecule has 0 aromatic carbocycles. The number of carbonyl (C=O) groups excluding carboxylic acids is 1. The van der Waals surface area contributed by atoms with Gasteiger partial charge in [0.1, 0.15) is 10.7 Å². The summed E-state index contributed by atoms with van der Waals surface area (Å²) in [6.45, 7) is 1.47. The summed E-state index contributed by atoms with van der Waals surface area (Å²) >= 11 is 0. The van der Waals surface area contributed by atoms with Crippen LogP contribution in [0.25, 0.3) is 0 Å². The van der Waals surface area contributed by atoms with Crippen LogP contribution in [0.3, 0.4) is 0 Å². The van der Waals surface area contributed by atoms with Crippen molar-refractivity contribution in [3.63, 3.8) is 0 Å². The van der Waals surface area contributed by atoms with Crippen LogP contribution in [0.5, 0.6) is 0 Å². The van der Waals surface area contributed by atoms with Crippen LogP contribution in [0.4, 0.5) is 5.88 Å². The fourth-order valence-electron chi connectivity index (χ4n) is 2.55. The number of carbonyl (C=O) groups is 1. The fraction of sp³-hybridized carbons (Fsp3) is 0.385. The first-order valence-electron chi connectivity index (χ1n) is 6.10. The molecule has 1 heterocycles. The molecule has 1 fully saturated rings. The molecule has 2 atom stereocenters. The highest BCUT2D eigenvalue weighted by Crippen LogP contribution is 2.74. The van der Waals surface area contributed by atoms with Crippen molar-refractivity contribution >= 4 is 11.9 Å². The Labute approximate surface area is 124 Å². The van der Waals surface area contributed by atoms with Crippen LogP contribution in [0.1, 0.15) is 18.6 Å². The van der Waals surface area contributed by atoms with Crippen molar-refractivity contribution in [2.75, 3.05) is 6.61 Å². The second-order valence-electron chi connectivity index (χ2n) is 4.54. The molecule has 0 bridgehead atoms. The lowest BCUT2D eigenvalue weighted by Gasteiger charge is -2.07. The van der Waals surface area contributed by atoms with E-state index >= 15 is 0 Å². The molecule has 2 unspecified atom stereocenters. The Morgan fingerprint density at radius 3 is 2.45 bits per heavy atom. The van der Waals surface area contributed by atoms with E-state index in [2.05, 4.69) is 0 Å². The van der Waals surface area contributed by atoms with Crippen LogP contribution in [-0.4, -0.2) is 17.5 Å². The summed E-state index contributed by atoms with van der Waals surface area (Å²) in [5.74, 6) is -3.02. The monoisotopic (exact) mass is 300 g/mol. The Morgan fingerprint density at radius 1 is 1.41 bits per heavy atom. The predicted octanol–water partition coefficient (Wildman–Crippen LogP) is 1.39. The number of nitriles is 3. The van der Waals surface area contributed by atoms with Crippen LogP contribution < -0.4 is 0 Å². The van der Waals surface area contributed by atoms with Gasteiger partial charge >= 0.3 is 11.9 Å². The summed E-state index contributed by atoms with van der Waals surface area (Å²) < 4.78 is 9.74. The zero-order valence-corrected chi connectivity index (χ0v) is 11.3. The summed E-state index contributed by atoms with van der Waals surface area (Å²) in [6, 6.07) is 7.18. The third kappa shape index (κ3) is 1.58. The third-order valence-electron chi connectivity index (χ3n) is 3.61. The molecular weight excluding hydrogens is 292 g/mol. The standard InChI is InChI=1S/C13H8N4O5/c1-2-21-11(18)13(7-16)10(12(13,5-14)6-15)8-3-4-9(22-8)17(19)20/h3-4,10H,2H2,1H3. The Kier molecular flexibility index (Phi) is 3.32. The zero-order valence-electron chi connectivity index (χ0n) is 11.3. The second-order valence-corrected chi connectivity index (χ2v) is 4.54. The highest BCUT2D eigenvalue weighted by Gasteiger charge is 2.87. The smallest absolute Gasteiger partial charge is 0.433 e. The highest BCUT2D eigenvalue weighted by atomic mass is 16.6. The maximum absolute atomic E-state index is 12.1. The zero-order chi connectivity index (χ0) is 16.5. The van der Waals surface area contributed by atoms with Gasteiger partial charge in [-0.05, 0) is 13.0 Å². The quantitative estimate of drug-likeness (QED) is 0.459. The summed E-state index contributed by atoms with van der Waals surface area (Å²) in [4.78, 5) is 21.9. The van der Waals surface area contributed by atoms with Crippen molar-refractivity contribution in [3.05, 3.63) is 28.0 Å². The molecule has 1 aliphatic rings. The molecule has 22 heavy (non-hydrogen) atoms. The van der Waals surface area contributed by atoms with Crippen LogP contribution in [0, 0.1) is 54.9 Å². The second kappa shape index (κ2) is 4.87. The van der Waals surface area contributed by atoms with Gasteiger partial charge in [0, 0.05) is 0 Å². The topological polar surface area (TPSA) is 154 Å². The van der Waals surface area contributed by atoms with Gasteiger partial charge in [0.15, 0.2) is 10.8 Å². The molecular formula is C13H8N4O5. The van der Waals surface area contributed by atoms with E-state index < -0.39 is 33.5 Å². The Balaban J connectivity index is 2.56. The Morgan fingerprint density at radius 2 is 2.05 bits per heavy atom. The molecule has 0 amide bonds. The Bertz CT molecular complexity index is 764. The molecule has 9 heteroatoms. The largest absolute Gasteiger partial charge is 0.465 e. The van der Waals surface area contributed by atoms with Gasteiger partial charge in [-0.3, -0.25) is 14.9 Å². The summed E-state index contributed by atoms with van der Waals surface area (Å²) in [5.41, 5.74) is -4.06. The van der Waals surface area contributed by atoms with Crippen molar-refractivity contribution in [1.82, 2.24) is 0 Å². The molecule has 1 aromatic heterocycles.